The summed E-state index contributed by atoms with van der Waals surface area (Å²) in [5.74, 6) is -1.09. The molecule has 2 aromatic carbocycles. The molecule has 1 N–H and O–H groups in total. The number of hydrogen-bond acceptors (Lipinski definition) is 6. The van der Waals surface area contributed by atoms with Gasteiger partial charge in [-0.1, -0.05) is 72.0 Å². The van der Waals surface area contributed by atoms with Crippen LogP contribution in [0.3, 0.4) is 0 Å². The number of nitrogens with zero attached hydrogens (tertiary/aromatic N) is 1. The van der Waals surface area contributed by atoms with Crippen LogP contribution in [0.4, 0.5) is 5.13 Å². The summed E-state index contributed by atoms with van der Waals surface area (Å²) in [6.45, 7) is -0.457. The second-order valence-electron chi connectivity index (χ2n) is 6.91. The van der Waals surface area contributed by atoms with Gasteiger partial charge >= 0.3 is 5.97 Å². The first kappa shape index (κ1) is 21.0. The zero-order valence-electron chi connectivity index (χ0n) is 15.8. The van der Waals surface area contributed by atoms with Crippen molar-refractivity contribution < 1.29 is 18.9 Å². The maximum atomic E-state index is 14.5. The fraction of sp³-hybridized carbons (Fsp3) is 0.190. The summed E-state index contributed by atoms with van der Waals surface area (Å²) in [5.41, 5.74) is 0. The molecule has 0 atom stereocenters. The van der Waals surface area contributed by atoms with Gasteiger partial charge in [-0.25, -0.2) is 4.98 Å². The van der Waals surface area contributed by atoms with E-state index in [0.717, 1.165) is 3.79 Å². The van der Waals surface area contributed by atoms with E-state index in [9.17, 15) is 14.2 Å². The quantitative estimate of drug-likeness (QED) is 0.389. The Kier molecular flexibility index (Phi) is 5.91. The molecular weight excluding hydrogens is 487 g/mol. The maximum absolute atomic E-state index is 14.5. The molecule has 30 heavy (non-hydrogen) atoms. The standard InChI is InChI=1S/C21H18BrN2O4PS/c22-17-13-23-20(30-17)24-18(25)14-28-19(26)21(11-12-21)29(27,15-7-3-1-4-8-15)16-9-5-2-6-10-16/h1-10,13H,11-12,14H2,(H,23,24,25). The van der Waals surface area contributed by atoms with Crippen LogP contribution in [0.15, 0.2) is 70.6 Å². The van der Waals surface area contributed by atoms with Crippen LogP contribution >= 0.6 is 34.4 Å². The summed E-state index contributed by atoms with van der Waals surface area (Å²) in [5, 5.41) is 3.08. The van der Waals surface area contributed by atoms with Crippen LogP contribution in [0, 0.1) is 0 Å². The largest absolute Gasteiger partial charge is 0.455 e. The first-order valence-electron chi connectivity index (χ1n) is 9.25. The van der Waals surface area contributed by atoms with Gasteiger partial charge in [-0.05, 0) is 28.8 Å². The number of benzene rings is 2. The van der Waals surface area contributed by atoms with E-state index in [-0.39, 0.29) is 0 Å². The summed E-state index contributed by atoms with van der Waals surface area (Å²) in [4.78, 5) is 29.3. The molecule has 1 heterocycles. The number of amides is 1. The van der Waals surface area contributed by atoms with Gasteiger partial charge in [-0.15, -0.1) is 0 Å². The number of hydrogen-bond donors (Lipinski definition) is 1. The lowest BCUT2D eigenvalue weighted by Crippen LogP contribution is -2.36. The zero-order valence-corrected chi connectivity index (χ0v) is 19.1. The maximum Gasteiger partial charge on any atom is 0.320 e. The Hall–Kier alpha value is -2.28. The summed E-state index contributed by atoms with van der Waals surface area (Å²) >= 11 is 4.53. The molecule has 6 nitrogen and oxygen atoms in total. The van der Waals surface area contributed by atoms with Crippen molar-refractivity contribution in [2.24, 2.45) is 0 Å². The highest BCUT2D eigenvalue weighted by atomic mass is 79.9. The highest BCUT2D eigenvalue weighted by Gasteiger charge is 2.65. The molecular formula is C21H18BrN2O4PS. The van der Waals surface area contributed by atoms with Gasteiger partial charge in [0.25, 0.3) is 5.91 Å². The molecule has 154 valence electrons. The van der Waals surface area contributed by atoms with Crippen molar-refractivity contribution in [1.29, 1.82) is 0 Å². The zero-order chi connectivity index (χ0) is 21.2. The van der Waals surface area contributed by atoms with Crippen LogP contribution in [0.5, 0.6) is 0 Å². The number of ether oxygens (including phenoxy) is 1. The molecule has 0 aliphatic heterocycles. The van der Waals surface area contributed by atoms with Crippen LogP contribution in [0.25, 0.3) is 0 Å². The molecule has 0 radical (unpaired) electrons. The van der Waals surface area contributed by atoms with Gasteiger partial charge < -0.3 is 9.30 Å². The van der Waals surface area contributed by atoms with E-state index in [1.54, 1.807) is 30.5 Å². The molecule has 1 aromatic heterocycles. The number of thiazole rings is 1. The predicted molar refractivity (Wildman–Crippen MR) is 121 cm³/mol. The minimum Gasteiger partial charge on any atom is -0.455 e. The fourth-order valence-corrected chi connectivity index (χ4v) is 8.07. The number of nitrogens with one attached hydrogen (secondary N) is 1. The third-order valence-corrected chi connectivity index (χ3v) is 10.3. The lowest BCUT2D eigenvalue weighted by molar-refractivity contribution is -0.147. The molecule has 1 aliphatic carbocycles. The average Bonchev–Trinajstić information content (AvgIpc) is 3.50. The van der Waals surface area contributed by atoms with E-state index in [2.05, 4.69) is 26.2 Å². The average molecular weight is 505 g/mol. The Morgan fingerprint density at radius 3 is 2.10 bits per heavy atom. The molecule has 3 aromatic rings. The first-order chi connectivity index (χ1) is 14.5. The molecule has 1 aliphatic rings. The first-order valence-corrected chi connectivity index (χ1v) is 12.6. The molecule has 0 saturated heterocycles. The second kappa shape index (κ2) is 8.46. The lowest BCUT2D eigenvalue weighted by atomic mass is 10.4. The molecule has 1 fully saturated rings. The minimum absolute atomic E-state index is 0.406. The highest BCUT2D eigenvalue weighted by molar-refractivity contribution is 9.11. The fourth-order valence-electron chi connectivity index (χ4n) is 3.42. The number of aromatic nitrogens is 1. The van der Waals surface area contributed by atoms with Gasteiger partial charge in [0.1, 0.15) is 5.16 Å². The van der Waals surface area contributed by atoms with Gasteiger partial charge in [-0.3, -0.25) is 14.9 Å². The summed E-state index contributed by atoms with van der Waals surface area (Å²) < 4.78 is 20.6. The number of halogens is 1. The highest BCUT2D eigenvalue weighted by Crippen LogP contribution is 2.68. The molecule has 1 saturated carbocycles. The monoisotopic (exact) mass is 504 g/mol. The van der Waals surface area contributed by atoms with Crippen molar-refractivity contribution in [1.82, 2.24) is 4.98 Å². The Balaban J connectivity index is 1.56. The third-order valence-electron chi connectivity index (χ3n) is 5.00. The van der Waals surface area contributed by atoms with Gasteiger partial charge in [0.15, 0.2) is 18.9 Å². The number of anilines is 1. The Labute approximate surface area is 186 Å². The van der Waals surface area contributed by atoms with Crippen molar-refractivity contribution >= 4 is 62.0 Å². The van der Waals surface area contributed by atoms with Gasteiger partial charge in [0.05, 0.1) is 9.98 Å². The number of esters is 1. The van der Waals surface area contributed by atoms with E-state index in [4.69, 9.17) is 4.74 Å². The van der Waals surface area contributed by atoms with E-state index < -0.39 is 30.8 Å². The Bertz CT molecular complexity index is 1070. The van der Waals surface area contributed by atoms with Gasteiger partial charge in [-0.2, -0.15) is 0 Å². The number of rotatable bonds is 7. The van der Waals surface area contributed by atoms with E-state index in [0.29, 0.717) is 28.6 Å². The topological polar surface area (TPSA) is 85.4 Å². The van der Waals surface area contributed by atoms with E-state index >= 15 is 0 Å². The van der Waals surface area contributed by atoms with Crippen LogP contribution in [0.1, 0.15) is 12.8 Å². The molecule has 0 spiro atoms. The van der Waals surface area contributed by atoms with Crippen molar-refractivity contribution in [3.05, 3.63) is 70.6 Å². The van der Waals surface area contributed by atoms with Crippen molar-refractivity contribution in [3.63, 3.8) is 0 Å². The van der Waals surface area contributed by atoms with Crippen molar-refractivity contribution in [3.8, 4) is 0 Å². The summed E-state index contributed by atoms with van der Waals surface area (Å²) in [7, 11) is -3.32. The number of carbonyl (C=O) groups is 2. The predicted octanol–water partition coefficient (Wildman–Crippen LogP) is 3.93. The van der Waals surface area contributed by atoms with Gasteiger partial charge in [0.2, 0.25) is 0 Å². The second-order valence-corrected chi connectivity index (χ2v) is 12.4. The van der Waals surface area contributed by atoms with Crippen LogP contribution in [-0.2, 0) is 18.9 Å². The molecule has 9 heteroatoms. The minimum atomic E-state index is -3.32. The molecule has 1 amide bonds. The molecule has 0 bridgehead atoms. The normalized spacial score (nSPS) is 14.7. The van der Waals surface area contributed by atoms with E-state index in [1.807, 2.05) is 36.4 Å². The lowest BCUT2D eigenvalue weighted by Gasteiger charge is -2.27. The summed E-state index contributed by atoms with van der Waals surface area (Å²) in [6, 6.07) is 18.1. The number of carbonyl (C=O) groups excluding carboxylic acids is 2. The van der Waals surface area contributed by atoms with E-state index in [1.165, 1.54) is 11.3 Å². The van der Waals surface area contributed by atoms with Crippen molar-refractivity contribution in [2.45, 2.75) is 18.0 Å². The third kappa shape index (κ3) is 3.87. The Morgan fingerprint density at radius 1 is 1.07 bits per heavy atom. The van der Waals surface area contributed by atoms with Crippen LogP contribution in [-0.4, -0.2) is 28.6 Å². The SMILES string of the molecule is O=C(COC(=O)C1(P(=O)(c2ccccc2)c2ccccc2)CC1)Nc1ncc(Br)s1. The summed E-state index contributed by atoms with van der Waals surface area (Å²) in [6.07, 6.45) is 2.48. The van der Waals surface area contributed by atoms with Gasteiger partial charge in [0, 0.05) is 10.6 Å². The van der Waals surface area contributed by atoms with Crippen molar-refractivity contribution in [2.75, 3.05) is 11.9 Å². The smallest absolute Gasteiger partial charge is 0.320 e. The molecule has 0 unspecified atom stereocenters. The van der Waals surface area contributed by atoms with Crippen LogP contribution in [0.2, 0.25) is 0 Å². The molecule has 4 rings (SSSR count). The van der Waals surface area contributed by atoms with Crippen LogP contribution < -0.4 is 15.9 Å². The Morgan fingerprint density at radius 2 is 1.63 bits per heavy atom.